The molecule has 4 aromatic rings. The minimum absolute atomic E-state index is 0.0699. The van der Waals surface area contributed by atoms with Gasteiger partial charge in [0.05, 0.1) is 16.7 Å². The van der Waals surface area contributed by atoms with E-state index in [1.807, 2.05) is 49.9 Å². The number of aliphatic hydroxyl groups is 1. The van der Waals surface area contributed by atoms with Gasteiger partial charge in [0.25, 0.3) is 11.5 Å². The lowest BCUT2D eigenvalue weighted by molar-refractivity contribution is 0.0616. The number of carbonyl (C=O) groups excluding carboxylic acids is 1. The number of amides is 1. The zero-order chi connectivity index (χ0) is 29.5. The maximum absolute atomic E-state index is 13.5. The van der Waals surface area contributed by atoms with Crippen molar-refractivity contribution in [1.29, 1.82) is 0 Å². The Kier molecular flexibility index (Phi) is 7.51. The van der Waals surface area contributed by atoms with E-state index in [9.17, 15) is 14.7 Å². The SMILES string of the molecule is Cc1ccc(OCC(O)CNc2cc[nH]c(=O)c2-c2nc3c(C)c4c(cc3[nH]2)CN(C2CCN(C)CC2)C4=O)c(C)c1. The van der Waals surface area contributed by atoms with Crippen LogP contribution in [0.1, 0.15) is 45.5 Å². The van der Waals surface area contributed by atoms with E-state index in [1.165, 1.54) is 0 Å². The summed E-state index contributed by atoms with van der Waals surface area (Å²) < 4.78 is 5.82. The lowest BCUT2D eigenvalue weighted by atomic mass is 10.0. The normalized spacial score (nSPS) is 16.7. The van der Waals surface area contributed by atoms with Crippen molar-refractivity contribution < 1.29 is 14.6 Å². The maximum atomic E-state index is 13.5. The summed E-state index contributed by atoms with van der Waals surface area (Å²) in [5, 5.41) is 13.8. The molecule has 2 aliphatic heterocycles. The quantitative estimate of drug-likeness (QED) is 0.254. The highest BCUT2D eigenvalue weighted by Crippen LogP contribution is 2.35. The first-order valence-corrected chi connectivity index (χ1v) is 14.6. The van der Waals surface area contributed by atoms with E-state index in [2.05, 4.69) is 27.2 Å². The van der Waals surface area contributed by atoms with Crippen molar-refractivity contribution in [1.82, 2.24) is 24.8 Å². The molecule has 220 valence electrons. The second kappa shape index (κ2) is 11.3. The molecule has 0 saturated carbocycles. The van der Waals surface area contributed by atoms with Crippen LogP contribution in [0.4, 0.5) is 5.69 Å². The third kappa shape index (κ3) is 5.28. The number of hydrogen-bond donors (Lipinski definition) is 4. The lowest BCUT2D eigenvalue weighted by Crippen LogP contribution is -2.43. The molecule has 10 nitrogen and oxygen atoms in total. The van der Waals surface area contributed by atoms with Gasteiger partial charge < -0.3 is 34.9 Å². The molecule has 1 fully saturated rings. The number of piperidine rings is 1. The number of likely N-dealkylation sites (tertiary alicyclic amines) is 1. The number of H-pyrrole nitrogens is 2. The predicted molar refractivity (Wildman–Crippen MR) is 163 cm³/mol. The predicted octanol–water partition coefficient (Wildman–Crippen LogP) is 3.75. The number of carbonyl (C=O) groups is 1. The number of aliphatic hydroxyl groups excluding tert-OH is 1. The largest absolute Gasteiger partial charge is 0.491 e. The summed E-state index contributed by atoms with van der Waals surface area (Å²) in [4.78, 5) is 41.7. The molecular formula is C32H38N6O4. The fourth-order valence-corrected chi connectivity index (χ4v) is 6.22. The topological polar surface area (TPSA) is 127 Å². The van der Waals surface area contributed by atoms with Gasteiger partial charge >= 0.3 is 0 Å². The highest BCUT2D eigenvalue weighted by atomic mass is 16.5. The molecule has 0 aliphatic carbocycles. The van der Waals surface area contributed by atoms with E-state index in [0.717, 1.165) is 65.0 Å². The highest BCUT2D eigenvalue weighted by Gasteiger charge is 2.36. The Hall–Kier alpha value is -4.15. The number of benzene rings is 2. The van der Waals surface area contributed by atoms with E-state index >= 15 is 0 Å². The van der Waals surface area contributed by atoms with E-state index in [-0.39, 0.29) is 30.7 Å². The molecule has 6 rings (SSSR count). The molecule has 4 N–H and O–H groups in total. The summed E-state index contributed by atoms with van der Waals surface area (Å²) in [6, 6.07) is 9.91. The zero-order valence-corrected chi connectivity index (χ0v) is 24.6. The fraction of sp³-hybridized carbons (Fsp3) is 0.406. The Bertz CT molecular complexity index is 1700. The Morgan fingerprint density at radius 2 is 1.90 bits per heavy atom. The summed E-state index contributed by atoms with van der Waals surface area (Å²) in [5.41, 5.74) is 6.74. The molecule has 0 bridgehead atoms. The van der Waals surface area contributed by atoms with Crippen LogP contribution in [0.3, 0.4) is 0 Å². The number of anilines is 1. The Labute approximate surface area is 244 Å². The molecule has 0 spiro atoms. The van der Waals surface area contributed by atoms with Gasteiger partial charge in [0.2, 0.25) is 0 Å². The van der Waals surface area contributed by atoms with Gasteiger partial charge in [-0.3, -0.25) is 9.59 Å². The van der Waals surface area contributed by atoms with Crippen LogP contribution in [0.15, 0.2) is 41.3 Å². The molecule has 1 atom stereocenters. The number of aromatic amines is 2. The Morgan fingerprint density at radius 1 is 1.12 bits per heavy atom. The smallest absolute Gasteiger partial charge is 0.261 e. The van der Waals surface area contributed by atoms with Crippen LogP contribution >= 0.6 is 0 Å². The number of nitrogens with zero attached hydrogens (tertiary/aromatic N) is 3. The van der Waals surface area contributed by atoms with Crippen LogP contribution in [0.5, 0.6) is 5.75 Å². The number of imidazole rings is 1. The van der Waals surface area contributed by atoms with Gasteiger partial charge in [-0.1, -0.05) is 17.7 Å². The molecule has 2 aliphatic rings. The first-order valence-electron chi connectivity index (χ1n) is 14.6. The number of nitrogens with one attached hydrogen (secondary N) is 3. The molecular weight excluding hydrogens is 532 g/mol. The number of pyridine rings is 1. The number of rotatable bonds is 8. The van der Waals surface area contributed by atoms with Gasteiger partial charge in [0, 0.05) is 30.9 Å². The van der Waals surface area contributed by atoms with Gasteiger partial charge in [-0.15, -0.1) is 0 Å². The van der Waals surface area contributed by atoms with Crippen LogP contribution in [0.2, 0.25) is 0 Å². The molecule has 1 unspecified atom stereocenters. The zero-order valence-electron chi connectivity index (χ0n) is 24.6. The van der Waals surface area contributed by atoms with E-state index < -0.39 is 6.10 Å². The molecule has 1 amide bonds. The van der Waals surface area contributed by atoms with Gasteiger partial charge in [-0.25, -0.2) is 4.98 Å². The number of ether oxygens (including phenoxy) is 1. The average molecular weight is 571 g/mol. The summed E-state index contributed by atoms with van der Waals surface area (Å²) in [6.45, 7) is 8.79. The lowest BCUT2D eigenvalue weighted by Gasteiger charge is -2.35. The summed E-state index contributed by atoms with van der Waals surface area (Å²) in [7, 11) is 2.12. The maximum Gasteiger partial charge on any atom is 0.261 e. The van der Waals surface area contributed by atoms with E-state index in [1.54, 1.807) is 12.3 Å². The minimum atomic E-state index is -0.808. The van der Waals surface area contributed by atoms with Crippen LogP contribution < -0.4 is 15.6 Å². The molecule has 1 saturated heterocycles. The van der Waals surface area contributed by atoms with Crippen LogP contribution in [0.25, 0.3) is 22.4 Å². The van der Waals surface area contributed by atoms with Crippen molar-refractivity contribution >= 4 is 22.6 Å². The first kappa shape index (κ1) is 28.0. The third-order valence-electron chi connectivity index (χ3n) is 8.53. The van der Waals surface area contributed by atoms with Crippen molar-refractivity contribution in [2.75, 3.05) is 38.6 Å². The summed E-state index contributed by atoms with van der Waals surface area (Å²) in [5.74, 6) is 1.20. The van der Waals surface area contributed by atoms with Crippen LogP contribution in [0, 0.1) is 20.8 Å². The van der Waals surface area contributed by atoms with Crippen LogP contribution in [-0.4, -0.2) is 81.2 Å². The van der Waals surface area contributed by atoms with Crippen molar-refractivity contribution in [2.45, 2.75) is 52.3 Å². The fourth-order valence-electron chi connectivity index (χ4n) is 6.22. The molecule has 4 heterocycles. The molecule has 10 heteroatoms. The third-order valence-corrected chi connectivity index (χ3v) is 8.53. The van der Waals surface area contributed by atoms with E-state index in [4.69, 9.17) is 9.72 Å². The van der Waals surface area contributed by atoms with Crippen molar-refractivity contribution in [3.63, 3.8) is 0 Å². The standard InChI is InChI=1S/C32H38N6O4/c1-18-5-6-26(19(2)13-18)42-17-23(39)15-34-24-7-10-33-31(40)28(24)30-35-25-14-21-16-38(22-8-11-37(4)12-9-22)32(41)27(21)20(3)29(25)36-30/h5-7,10,13-14,22-23,39H,8-9,11-12,15-17H2,1-4H3,(H,35,36)(H2,33,34,40). The van der Waals surface area contributed by atoms with E-state index in [0.29, 0.717) is 29.1 Å². The number of aromatic nitrogens is 3. The second-order valence-corrected chi connectivity index (χ2v) is 11.7. The van der Waals surface area contributed by atoms with Crippen LogP contribution in [-0.2, 0) is 6.54 Å². The molecule has 2 aromatic heterocycles. The first-order chi connectivity index (χ1) is 20.2. The average Bonchev–Trinajstić information content (AvgIpc) is 3.53. The van der Waals surface area contributed by atoms with Gasteiger partial charge in [0.1, 0.15) is 29.8 Å². The molecule has 42 heavy (non-hydrogen) atoms. The van der Waals surface area contributed by atoms with Crippen molar-refractivity contribution in [3.05, 3.63) is 74.7 Å². The monoisotopic (exact) mass is 570 g/mol. The number of hydrogen-bond acceptors (Lipinski definition) is 7. The summed E-state index contributed by atoms with van der Waals surface area (Å²) in [6.07, 6.45) is 2.71. The summed E-state index contributed by atoms with van der Waals surface area (Å²) >= 11 is 0. The number of aryl methyl sites for hydroxylation is 3. The Balaban J connectivity index is 1.21. The van der Waals surface area contributed by atoms with Crippen molar-refractivity contribution in [2.24, 2.45) is 0 Å². The van der Waals surface area contributed by atoms with Gasteiger partial charge in [-0.05, 0) is 88.6 Å². The second-order valence-electron chi connectivity index (χ2n) is 11.7. The minimum Gasteiger partial charge on any atom is -0.491 e. The molecule has 2 aromatic carbocycles. The highest BCUT2D eigenvalue weighted by molar-refractivity contribution is 6.04. The van der Waals surface area contributed by atoms with Gasteiger partial charge in [-0.2, -0.15) is 0 Å². The Morgan fingerprint density at radius 3 is 2.67 bits per heavy atom. The van der Waals surface area contributed by atoms with Gasteiger partial charge in [0.15, 0.2) is 0 Å². The van der Waals surface area contributed by atoms with Crippen molar-refractivity contribution in [3.8, 4) is 17.1 Å². The molecule has 0 radical (unpaired) electrons. The number of fused-ring (bicyclic) bond motifs is 2.